The van der Waals surface area contributed by atoms with E-state index >= 15 is 0 Å². The maximum Gasteiger partial charge on any atom is 0.296 e. The van der Waals surface area contributed by atoms with E-state index in [0.717, 1.165) is 16.7 Å². The van der Waals surface area contributed by atoms with Gasteiger partial charge in [-0.25, -0.2) is 0 Å². The first-order valence-electron chi connectivity index (χ1n) is 6.65. The first kappa shape index (κ1) is 12.7. The van der Waals surface area contributed by atoms with E-state index in [1.165, 1.54) is 0 Å². The quantitative estimate of drug-likeness (QED) is 0.745. The summed E-state index contributed by atoms with van der Waals surface area (Å²) >= 11 is 0. The third kappa shape index (κ3) is 2.65. The summed E-state index contributed by atoms with van der Waals surface area (Å²) in [5, 5.41) is 12.5. The first-order valence-corrected chi connectivity index (χ1v) is 6.65. The molecule has 0 aliphatic heterocycles. The van der Waals surface area contributed by atoms with Crippen molar-refractivity contribution >= 4 is 17.1 Å². The largest absolute Gasteiger partial charge is 0.424 e. The number of anilines is 1. The van der Waals surface area contributed by atoms with Gasteiger partial charge in [0, 0.05) is 6.61 Å². The van der Waals surface area contributed by atoms with Crippen molar-refractivity contribution in [3.8, 4) is 0 Å². The van der Waals surface area contributed by atoms with E-state index < -0.39 is 0 Å². The maximum atomic E-state index is 9.22. The number of hydrogen-bond donors (Lipinski definition) is 2. The molecule has 0 bridgehead atoms. The normalized spacial score (nSPS) is 12.4. The van der Waals surface area contributed by atoms with Gasteiger partial charge in [0.15, 0.2) is 5.58 Å². The predicted molar refractivity (Wildman–Crippen MR) is 78.5 cm³/mol. The Morgan fingerprint density at radius 2 is 1.80 bits per heavy atom. The maximum absolute atomic E-state index is 9.22. The highest BCUT2D eigenvalue weighted by Crippen LogP contribution is 2.24. The van der Waals surface area contributed by atoms with E-state index in [1.54, 1.807) is 0 Å². The SMILES string of the molecule is OCC[C@@H](Nc1nc2ccccc2o1)c1ccccc1. The number of oxazole rings is 1. The molecule has 1 atom stereocenters. The summed E-state index contributed by atoms with van der Waals surface area (Å²) in [6.07, 6.45) is 0.600. The van der Waals surface area contributed by atoms with E-state index in [2.05, 4.69) is 10.3 Å². The summed E-state index contributed by atoms with van der Waals surface area (Å²) < 4.78 is 5.66. The Balaban J connectivity index is 1.86. The minimum absolute atomic E-state index is 0.0192. The van der Waals surface area contributed by atoms with Crippen LogP contribution in [0.3, 0.4) is 0 Å². The molecule has 0 amide bonds. The van der Waals surface area contributed by atoms with Crippen LogP contribution in [0.25, 0.3) is 11.1 Å². The van der Waals surface area contributed by atoms with Gasteiger partial charge in [-0.15, -0.1) is 0 Å². The van der Waals surface area contributed by atoms with Crippen LogP contribution in [0.5, 0.6) is 0 Å². The molecule has 0 spiro atoms. The molecule has 1 heterocycles. The Labute approximate surface area is 117 Å². The summed E-state index contributed by atoms with van der Waals surface area (Å²) in [5.41, 5.74) is 2.68. The molecule has 0 saturated carbocycles. The Hall–Kier alpha value is -2.33. The van der Waals surface area contributed by atoms with E-state index in [-0.39, 0.29) is 12.6 Å². The van der Waals surface area contributed by atoms with Crippen molar-refractivity contribution in [2.45, 2.75) is 12.5 Å². The lowest BCUT2D eigenvalue weighted by atomic mass is 10.0. The summed E-state index contributed by atoms with van der Waals surface area (Å²) in [6.45, 7) is 0.104. The molecule has 4 nitrogen and oxygen atoms in total. The second-order valence-electron chi connectivity index (χ2n) is 4.61. The van der Waals surface area contributed by atoms with Gasteiger partial charge in [0.2, 0.25) is 0 Å². The van der Waals surface area contributed by atoms with Gasteiger partial charge >= 0.3 is 0 Å². The van der Waals surface area contributed by atoms with Crippen LogP contribution >= 0.6 is 0 Å². The Kier molecular flexibility index (Phi) is 3.65. The molecule has 20 heavy (non-hydrogen) atoms. The molecule has 3 rings (SSSR count). The molecule has 1 aromatic heterocycles. The van der Waals surface area contributed by atoms with Crippen molar-refractivity contribution in [2.24, 2.45) is 0 Å². The van der Waals surface area contributed by atoms with Crippen LogP contribution in [0.15, 0.2) is 59.0 Å². The second-order valence-corrected chi connectivity index (χ2v) is 4.61. The number of rotatable bonds is 5. The number of nitrogens with one attached hydrogen (secondary N) is 1. The van der Waals surface area contributed by atoms with Gasteiger partial charge in [0.05, 0.1) is 6.04 Å². The van der Waals surface area contributed by atoms with Crippen LogP contribution in [0.2, 0.25) is 0 Å². The Bertz CT molecular complexity index is 646. The molecule has 0 saturated heterocycles. The fourth-order valence-corrected chi connectivity index (χ4v) is 2.22. The topological polar surface area (TPSA) is 58.3 Å². The smallest absolute Gasteiger partial charge is 0.296 e. The number of para-hydroxylation sites is 2. The zero-order valence-corrected chi connectivity index (χ0v) is 11.0. The highest BCUT2D eigenvalue weighted by Gasteiger charge is 2.14. The average Bonchev–Trinajstić information content (AvgIpc) is 2.90. The van der Waals surface area contributed by atoms with Crippen molar-refractivity contribution < 1.29 is 9.52 Å². The van der Waals surface area contributed by atoms with Gasteiger partial charge in [-0.3, -0.25) is 0 Å². The van der Waals surface area contributed by atoms with E-state index in [9.17, 15) is 5.11 Å². The lowest BCUT2D eigenvalue weighted by Crippen LogP contribution is -2.12. The lowest BCUT2D eigenvalue weighted by molar-refractivity contribution is 0.279. The molecule has 0 unspecified atom stereocenters. The van der Waals surface area contributed by atoms with Crippen LogP contribution in [0.1, 0.15) is 18.0 Å². The summed E-state index contributed by atoms with van der Waals surface area (Å²) in [6, 6.07) is 18.1. The molecule has 0 radical (unpaired) electrons. The van der Waals surface area contributed by atoms with Crippen LogP contribution < -0.4 is 5.32 Å². The predicted octanol–water partition coefficient (Wildman–Crippen LogP) is 3.36. The van der Waals surface area contributed by atoms with Crippen molar-refractivity contribution in [3.63, 3.8) is 0 Å². The molecular weight excluding hydrogens is 252 g/mol. The molecule has 0 aliphatic rings. The van der Waals surface area contributed by atoms with Crippen molar-refractivity contribution in [2.75, 3.05) is 11.9 Å². The van der Waals surface area contributed by atoms with Gasteiger partial charge in [-0.1, -0.05) is 42.5 Å². The lowest BCUT2D eigenvalue weighted by Gasteiger charge is -2.16. The second kappa shape index (κ2) is 5.75. The molecule has 2 N–H and O–H groups in total. The van der Waals surface area contributed by atoms with Gasteiger partial charge in [0.25, 0.3) is 6.01 Å². The third-order valence-corrected chi connectivity index (χ3v) is 3.21. The number of hydrogen-bond acceptors (Lipinski definition) is 4. The minimum atomic E-state index is -0.0192. The molecule has 3 aromatic rings. The van der Waals surface area contributed by atoms with Gasteiger partial charge in [-0.2, -0.15) is 4.98 Å². The zero-order valence-electron chi connectivity index (χ0n) is 11.0. The van der Waals surface area contributed by atoms with Crippen molar-refractivity contribution in [3.05, 3.63) is 60.2 Å². The zero-order chi connectivity index (χ0) is 13.8. The summed E-state index contributed by atoms with van der Waals surface area (Å²) in [5.74, 6) is 0. The average molecular weight is 268 g/mol. The fourth-order valence-electron chi connectivity index (χ4n) is 2.22. The van der Waals surface area contributed by atoms with Crippen LogP contribution in [0.4, 0.5) is 6.01 Å². The minimum Gasteiger partial charge on any atom is -0.424 e. The van der Waals surface area contributed by atoms with E-state index in [0.29, 0.717) is 12.4 Å². The molecule has 2 aromatic carbocycles. The highest BCUT2D eigenvalue weighted by molar-refractivity contribution is 5.74. The van der Waals surface area contributed by atoms with Crippen molar-refractivity contribution in [1.82, 2.24) is 4.98 Å². The van der Waals surface area contributed by atoms with Crippen LogP contribution in [0, 0.1) is 0 Å². The standard InChI is InChI=1S/C16H16N2O2/c19-11-10-13(12-6-2-1-3-7-12)17-16-18-14-8-4-5-9-15(14)20-16/h1-9,13,19H,10-11H2,(H,17,18)/t13-/m1/s1. The van der Waals surface area contributed by atoms with E-state index in [1.807, 2.05) is 54.6 Å². The summed E-state index contributed by atoms with van der Waals surface area (Å²) in [7, 11) is 0. The molecule has 102 valence electrons. The number of nitrogens with zero attached hydrogens (tertiary/aromatic N) is 1. The van der Waals surface area contributed by atoms with E-state index in [4.69, 9.17) is 4.42 Å². The molecule has 0 aliphatic carbocycles. The van der Waals surface area contributed by atoms with Crippen molar-refractivity contribution in [1.29, 1.82) is 0 Å². The highest BCUT2D eigenvalue weighted by atomic mass is 16.4. The monoisotopic (exact) mass is 268 g/mol. The first-order chi connectivity index (χ1) is 9.86. The summed E-state index contributed by atoms with van der Waals surface area (Å²) in [4.78, 5) is 4.40. The van der Waals surface area contributed by atoms with Crippen LogP contribution in [-0.4, -0.2) is 16.7 Å². The van der Waals surface area contributed by atoms with Gasteiger partial charge in [0.1, 0.15) is 5.52 Å². The van der Waals surface area contributed by atoms with Gasteiger partial charge in [-0.05, 0) is 24.1 Å². The number of benzene rings is 2. The Morgan fingerprint density at radius 1 is 1.05 bits per heavy atom. The molecule has 4 heteroatoms. The third-order valence-electron chi connectivity index (χ3n) is 3.21. The van der Waals surface area contributed by atoms with Crippen LogP contribution in [-0.2, 0) is 0 Å². The fraction of sp³-hybridized carbons (Fsp3) is 0.188. The van der Waals surface area contributed by atoms with Gasteiger partial charge < -0.3 is 14.8 Å². The number of aromatic nitrogens is 1. The Morgan fingerprint density at radius 3 is 2.55 bits per heavy atom. The molecule has 0 fully saturated rings. The number of aliphatic hydroxyl groups excluding tert-OH is 1. The number of fused-ring (bicyclic) bond motifs is 1. The number of aliphatic hydroxyl groups is 1. The molecular formula is C16H16N2O2.